The summed E-state index contributed by atoms with van der Waals surface area (Å²) in [6.45, 7) is 4.45. The van der Waals surface area contributed by atoms with Crippen molar-refractivity contribution in [2.24, 2.45) is 5.92 Å². The lowest BCUT2D eigenvalue weighted by Crippen LogP contribution is -1.95. The second-order valence-electron chi connectivity index (χ2n) is 4.24. The number of hydrogen-bond acceptors (Lipinski definition) is 1. The van der Waals surface area contributed by atoms with Crippen molar-refractivity contribution in [3.8, 4) is 0 Å². The van der Waals surface area contributed by atoms with E-state index in [-0.39, 0.29) is 0 Å². The van der Waals surface area contributed by atoms with Gasteiger partial charge in [-0.05, 0) is 29.4 Å². The van der Waals surface area contributed by atoms with Crippen LogP contribution in [0.1, 0.15) is 19.4 Å². The molecule has 1 aromatic carbocycles. The van der Waals surface area contributed by atoms with Crippen molar-refractivity contribution in [2.75, 3.05) is 0 Å². The molecule has 0 saturated heterocycles. The summed E-state index contributed by atoms with van der Waals surface area (Å²) >= 11 is 5.87. The maximum atomic E-state index is 5.87. The SMILES string of the molecule is CC(C)Cc1cccc2cc(Cl)ncc12. The fraction of sp³-hybridized carbons (Fsp3) is 0.308. The van der Waals surface area contributed by atoms with Gasteiger partial charge in [-0.15, -0.1) is 0 Å². The van der Waals surface area contributed by atoms with Gasteiger partial charge in [-0.25, -0.2) is 4.98 Å². The van der Waals surface area contributed by atoms with E-state index in [2.05, 4.69) is 37.0 Å². The number of benzene rings is 1. The summed E-state index contributed by atoms with van der Waals surface area (Å²) in [4.78, 5) is 4.14. The number of nitrogens with zero attached hydrogens (tertiary/aromatic N) is 1. The minimum absolute atomic E-state index is 0.559. The van der Waals surface area contributed by atoms with Gasteiger partial charge in [0.15, 0.2) is 0 Å². The lowest BCUT2D eigenvalue weighted by molar-refractivity contribution is 0.650. The van der Waals surface area contributed by atoms with E-state index < -0.39 is 0 Å². The zero-order valence-corrected chi connectivity index (χ0v) is 9.75. The topological polar surface area (TPSA) is 12.9 Å². The quantitative estimate of drug-likeness (QED) is 0.694. The van der Waals surface area contributed by atoms with Crippen LogP contribution >= 0.6 is 11.6 Å². The van der Waals surface area contributed by atoms with Crippen LogP contribution in [0.15, 0.2) is 30.5 Å². The van der Waals surface area contributed by atoms with E-state index in [4.69, 9.17) is 11.6 Å². The Kier molecular flexibility index (Phi) is 2.92. The minimum atomic E-state index is 0.559. The highest BCUT2D eigenvalue weighted by molar-refractivity contribution is 6.30. The monoisotopic (exact) mass is 219 g/mol. The largest absolute Gasteiger partial charge is 0.244 e. The molecule has 15 heavy (non-hydrogen) atoms. The smallest absolute Gasteiger partial charge is 0.129 e. The van der Waals surface area contributed by atoms with Gasteiger partial charge in [0, 0.05) is 11.6 Å². The average molecular weight is 220 g/mol. The molecule has 0 spiro atoms. The van der Waals surface area contributed by atoms with Crippen LogP contribution in [0.3, 0.4) is 0 Å². The molecule has 0 aliphatic heterocycles. The molecule has 0 fully saturated rings. The molecule has 0 saturated carbocycles. The van der Waals surface area contributed by atoms with Gasteiger partial charge < -0.3 is 0 Å². The zero-order valence-electron chi connectivity index (χ0n) is 9.00. The Morgan fingerprint density at radius 3 is 2.87 bits per heavy atom. The second-order valence-corrected chi connectivity index (χ2v) is 4.63. The molecule has 78 valence electrons. The van der Waals surface area contributed by atoms with Gasteiger partial charge in [0.2, 0.25) is 0 Å². The van der Waals surface area contributed by atoms with Crippen molar-refractivity contribution in [1.82, 2.24) is 4.98 Å². The molecule has 2 rings (SSSR count). The highest BCUT2D eigenvalue weighted by atomic mass is 35.5. The van der Waals surface area contributed by atoms with Crippen molar-refractivity contribution in [3.63, 3.8) is 0 Å². The zero-order chi connectivity index (χ0) is 10.8. The van der Waals surface area contributed by atoms with E-state index in [1.54, 1.807) is 0 Å². The Morgan fingerprint density at radius 2 is 2.13 bits per heavy atom. The van der Waals surface area contributed by atoms with Gasteiger partial charge in [-0.2, -0.15) is 0 Å². The van der Waals surface area contributed by atoms with Crippen LogP contribution in [0.25, 0.3) is 10.8 Å². The molecule has 0 aliphatic carbocycles. The number of hydrogen-bond donors (Lipinski definition) is 0. The summed E-state index contributed by atoms with van der Waals surface area (Å²) in [5.74, 6) is 0.659. The maximum absolute atomic E-state index is 5.87. The first-order valence-electron chi connectivity index (χ1n) is 5.20. The normalized spacial score (nSPS) is 11.2. The number of rotatable bonds is 2. The highest BCUT2D eigenvalue weighted by Crippen LogP contribution is 2.22. The molecule has 2 aromatic rings. The Morgan fingerprint density at radius 1 is 1.33 bits per heavy atom. The van der Waals surface area contributed by atoms with Crippen molar-refractivity contribution in [3.05, 3.63) is 41.2 Å². The molecular weight excluding hydrogens is 206 g/mol. The van der Waals surface area contributed by atoms with Gasteiger partial charge in [0.05, 0.1) is 0 Å². The molecular formula is C13H14ClN. The molecule has 2 heteroatoms. The number of fused-ring (bicyclic) bond motifs is 1. The Hall–Kier alpha value is -1.08. The van der Waals surface area contributed by atoms with Crippen LogP contribution in [-0.2, 0) is 6.42 Å². The first-order valence-corrected chi connectivity index (χ1v) is 5.58. The molecule has 0 radical (unpaired) electrons. The lowest BCUT2D eigenvalue weighted by atomic mass is 9.98. The summed E-state index contributed by atoms with van der Waals surface area (Å²) in [6.07, 6.45) is 2.95. The Labute approximate surface area is 95.1 Å². The summed E-state index contributed by atoms with van der Waals surface area (Å²) in [6, 6.07) is 8.24. The van der Waals surface area contributed by atoms with Crippen LogP contribution in [-0.4, -0.2) is 4.98 Å². The summed E-state index contributed by atoms with van der Waals surface area (Å²) < 4.78 is 0. The summed E-state index contributed by atoms with van der Waals surface area (Å²) in [5, 5.41) is 2.95. The third kappa shape index (κ3) is 2.29. The maximum Gasteiger partial charge on any atom is 0.129 e. The molecule has 1 nitrogen and oxygen atoms in total. The second kappa shape index (κ2) is 4.19. The standard InChI is InChI=1S/C13H14ClN/c1-9(2)6-10-4-3-5-11-7-13(14)15-8-12(10)11/h3-5,7-9H,6H2,1-2H3. The number of halogens is 1. The molecule has 0 unspecified atom stereocenters. The molecule has 0 aliphatic rings. The molecule has 0 N–H and O–H groups in total. The van der Waals surface area contributed by atoms with Crippen molar-refractivity contribution in [2.45, 2.75) is 20.3 Å². The number of pyridine rings is 1. The van der Waals surface area contributed by atoms with Crippen molar-refractivity contribution >= 4 is 22.4 Å². The first-order chi connectivity index (χ1) is 7.16. The third-order valence-electron chi connectivity index (χ3n) is 2.45. The van der Waals surface area contributed by atoms with Gasteiger partial charge >= 0.3 is 0 Å². The first kappa shape index (κ1) is 10.4. The van der Waals surface area contributed by atoms with E-state index >= 15 is 0 Å². The van der Waals surface area contributed by atoms with Crippen LogP contribution in [0.2, 0.25) is 5.15 Å². The van der Waals surface area contributed by atoms with Gasteiger partial charge in [0.25, 0.3) is 0 Å². The lowest BCUT2D eigenvalue weighted by Gasteiger charge is -2.08. The van der Waals surface area contributed by atoms with E-state index in [1.165, 1.54) is 16.3 Å². The van der Waals surface area contributed by atoms with Crippen LogP contribution in [0, 0.1) is 5.92 Å². The van der Waals surface area contributed by atoms with Crippen molar-refractivity contribution in [1.29, 1.82) is 0 Å². The summed E-state index contributed by atoms with van der Waals surface area (Å²) in [7, 11) is 0. The molecule has 0 atom stereocenters. The molecule has 1 aromatic heterocycles. The Bertz CT molecular complexity index is 477. The van der Waals surface area contributed by atoms with Crippen LogP contribution < -0.4 is 0 Å². The van der Waals surface area contributed by atoms with Gasteiger partial charge in [-0.1, -0.05) is 43.6 Å². The van der Waals surface area contributed by atoms with Gasteiger partial charge in [-0.3, -0.25) is 0 Å². The molecule has 0 amide bonds. The van der Waals surface area contributed by atoms with E-state index in [9.17, 15) is 0 Å². The predicted octanol–water partition coefficient (Wildman–Crippen LogP) is 4.09. The minimum Gasteiger partial charge on any atom is -0.244 e. The Balaban J connectivity index is 2.56. The molecule has 0 bridgehead atoms. The fourth-order valence-corrected chi connectivity index (χ4v) is 1.99. The van der Waals surface area contributed by atoms with Crippen LogP contribution in [0.4, 0.5) is 0 Å². The van der Waals surface area contributed by atoms with Crippen LogP contribution in [0.5, 0.6) is 0 Å². The fourth-order valence-electron chi connectivity index (χ4n) is 1.83. The highest BCUT2D eigenvalue weighted by Gasteiger charge is 2.03. The number of aromatic nitrogens is 1. The van der Waals surface area contributed by atoms with E-state index in [0.717, 1.165) is 6.42 Å². The predicted molar refractivity (Wildman–Crippen MR) is 65.3 cm³/mol. The average Bonchev–Trinajstić information content (AvgIpc) is 2.16. The van der Waals surface area contributed by atoms with E-state index in [1.807, 2.05) is 12.3 Å². The third-order valence-corrected chi connectivity index (χ3v) is 2.66. The van der Waals surface area contributed by atoms with Crippen molar-refractivity contribution < 1.29 is 0 Å². The van der Waals surface area contributed by atoms with Gasteiger partial charge in [0.1, 0.15) is 5.15 Å². The van der Waals surface area contributed by atoms with E-state index in [0.29, 0.717) is 11.1 Å². The molecule has 1 heterocycles. The summed E-state index contributed by atoms with van der Waals surface area (Å²) in [5.41, 5.74) is 1.35.